The lowest BCUT2D eigenvalue weighted by Crippen LogP contribution is -1.89. The number of aromatic nitrogens is 1. The lowest BCUT2D eigenvalue weighted by Gasteiger charge is -2.01. The normalized spacial score (nSPS) is 11.5. The topological polar surface area (TPSA) is 25.2 Å². The van der Waals surface area contributed by atoms with Crippen LogP contribution in [0.1, 0.15) is 11.3 Å². The zero-order valence-corrected chi connectivity index (χ0v) is 11.0. The maximum atomic E-state index is 13.3. The molecule has 0 unspecified atom stereocenters. The Kier molecular flexibility index (Phi) is 3.03. The van der Waals surface area contributed by atoms with Gasteiger partial charge in [-0.05, 0) is 30.4 Å². The van der Waals surface area contributed by atoms with Crippen molar-refractivity contribution in [3.05, 3.63) is 65.6 Å². The van der Waals surface area contributed by atoms with Crippen molar-refractivity contribution >= 4 is 23.1 Å². The minimum Gasteiger partial charge on any atom is -0.504 e. The molecule has 20 heavy (non-hydrogen) atoms. The second-order valence-corrected chi connectivity index (χ2v) is 4.70. The molecule has 1 aromatic heterocycles. The molecule has 0 aliphatic rings. The predicted octanol–water partition coefficient (Wildman–Crippen LogP) is 4.19. The Morgan fingerprint density at radius 3 is 2.65 bits per heavy atom. The number of benzene rings is 2. The van der Waals surface area contributed by atoms with Crippen molar-refractivity contribution < 1.29 is 9.50 Å². The van der Waals surface area contributed by atoms with Gasteiger partial charge in [0, 0.05) is 29.2 Å². The number of aromatic hydroxyl groups is 1. The van der Waals surface area contributed by atoms with E-state index in [1.54, 1.807) is 18.2 Å². The molecule has 2 nitrogen and oxygen atoms in total. The molecule has 3 heteroatoms. The molecule has 0 aliphatic heterocycles. The molecule has 0 aliphatic carbocycles. The van der Waals surface area contributed by atoms with Gasteiger partial charge in [-0.3, -0.25) is 0 Å². The summed E-state index contributed by atoms with van der Waals surface area (Å²) in [5.41, 5.74) is 2.60. The molecule has 0 amide bonds. The van der Waals surface area contributed by atoms with Crippen molar-refractivity contribution in [2.75, 3.05) is 0 Å². The number of halogens is 1. The molecule has 1 heterocycles. The number of para-hydroxylation sites is 2. The summed E-state index contributed by atoms with van der Waals surface area (Å²) in [6.07, 6.45) is 3.58. The first-order valence-corrected chi connectivity index (χ1v) is 6.37. The summed E-state index contributed by atoms with van der Waals surface area (Å²) in [6, 6.07) is 14.6. The summed E-state index contributed by atoms with van der Waals surface area (Å²) in [6.45, 7) is 0. The Morgan fingerprint density at radius 1 is 1.05 bits per heavy atom. The van der Waals surface area contributed by atoms with Crippen molar-refractivity contribution in [2.24, 2.45) is 7.05 Å². The molecule has 2 aromatic carbocycles. The molecule has 0 bridgehead atoms. The highest BCUT2D eigenvalue weighted by atomic mass is 19.1. The predicted molar refractivity (Wildman–Crippen MR) is 79.9 cm³/mol. The second-order valence-electron chi connectivity index (χ2n) is 4.70. The highest BCUT2D eigenvalue weighted by molar-refractivity contribution is 5.85. The summed E-state index contributed by atoms with van der Waals surface area (Å²) in [5.74, 6) is -0.924. The fourth-order valence-electron chi connectivity index (χ4n) is 2.31. The highest BCUT2D eigenvalue weighted by Crippen LogP contribution is 2.24. The summed E-state index contributed by atoms with van der Waals surface area (Å²) in [7, 11) is 1.98. The van der Waals surface area contributed by atoms with Gasteiger partial charge in [0.1, 0.15) is 0 Å². The van der Waals surface area contributed by atoms with Crippen molar-refractivity contribution in [2.45, 2.75) is 0 Å². The Labute approximate surface area is 116 Å². The van der Waals surface area contributed by atoms with Crippen LogP contribution in [-0.4, -0.2) is 9.67 Å². The molecule has 3 rings (SSSR count). The Balaban J connectivity index is 2.02. The molecule has 0 saturated carbocycles. The number of fused-ring (bicyclic) bond motifs is 1. The fourth-order valence-corrected chi connectivity index (χ4v) is 2.31. The summed E-state index contributed by atoms with van der Waals surface area (Å²) < 4.78 is 15.3. The average molecular weight is 267 g/mol. The van der Waals surface area contributed by atoms with Crippen LogP contribution in [-0.2, 0) is 7.05 Å². The van der Waals surface area contributed by atoms with Crippen LogP contribution in [0.2, 0.25) is 0 Å². The van der Waals surface area contributed by atoms with Crippen LogP contribution in [0.5, 0.6) is 5.75 Å². The molecule has 0 fully saturated rings. The Bertz CT molecular complexity index is 802. The van der Waals surface area contributed by atoms with Crippen molar-refractivity contribution in [3.63, 3.8) is 0 Å². The standard InChI is InChI=1S/C17H14FNO/c1-19-14(11-13-5-2-3-8-16(13)19)10-9-12-6-4-7-15(18)17(12)20/h2-11,20H,1H3. The van der Waals surface area contributed by atoms with Crippen LogP contribution in [0, 0.1) is 5.82 Å². The first-order chi connectivity index (χ1) is 9.66. The molecule has 100 valence electrons. The van der Waals surface area contributed by atoms with Crippen LogP contribution in [0.3, 0.4) is 0 Å². The van der Waals surface area contributed by atoms with Crippen LogP contribution < -0.4 is 0 Å². The van der Waals surface area contributed by atoms with E-state index in [9.17, 15) is 9.50 Å². The maximum Gasteiger partial charge on any atom is 0.165 e. The average Bonchev–Trinajstić information content (AvgIpc) is 2.78. The van der Waals surface area contributed by atoms with E-state index in [1.165, 1.54) is 6.07 Å². The van der Waals surface area contributed by atoms with E-state index in [2.05, 4.69) is 10.6 Å². The van der Waals surface area contributed by atoms with Crippen LogP contribution in [0.15, 0.2) is 48.5 Å². The van der Waals surface area contributed by atoms with Gasteiger partial charge < -0.3 is 9.67 Å². The lowest BCUT2D eigenvalue weighted by molar-refractivity contribution is 0.431. The number of hydrogen-bond donors (Lipinski definition) is 1. The van der Waals surface area contributed by atoms with E-state index in [1.807, 2.05) is 37.4 Å². The van der Waals surface area contributed by atoms with Gasteiger partial charge in [-0.25, -0.2) is 4.39 Å². The number of phenols is 1. The Hall–Kier alpha value is -2.55. The third kappa shape index (κ3) is 2.07. The van der Waals surface area contributed by atoms with E-state index >= 15 is 0 Å². The minimum absolute atomic E-state index is 0.317. The van der Waals surface area contributed by atoms with Crippen LogP contribution in [0.25, 0.3) is 23.1 Å². The van der Waals surface area contributed by atoms with Gasteiger partial charge in [0.2, 0.25) is 0 Å². The van der Waals surface area contributed by atoms with Gasteiger partial charge in [0.25, 0.3) is 0 Å². The second kappa shape index (κ2) is 4.85. The molecule has 0 saturated heterocycles. The number of aryl methyl sites for hydroxylation is 1. The third-order valence-corrected chi connectivity index (χ3v) is 3.44. The van der Waals surface area contributed by atoms with Gasteiger partial charge in [0.05, 0.1) is 0 Å². The molecular weight excluding hydrogens is 253 g/mol. The van der Waals surface area contributed by atoms with Gasteiger partial charge in [-0.15, -0.1) is 0 Å². The zero-order valence-electron chi connectivity index (χ0n) is 11.0. The molecule has 0 atom stereocenters. The number of phenolic OH excluding ortho intramolecular Hbond substituents is 1. The zero-order chi connectivity index (χ0) is 14.1. The van der Waals surface area contributed by atoms with E-state index in [0.29, 0.717) is 5.56 Å². The van der Waals surface area contributed by atoms with Crippen LogP contribution in [0.4, 0.5) is 4.39 Å². The largest absolute Gasteiger partial charge is 0.504 e. The van der Waals surface area contributed by atoms with Gasteiger partial charge in [-0.2, -0.15) is 0 Å². The monoisotopic (exact) mass is 267 g/mol. The van der Waals surface area contributed by atoms with E-state index in [4.69, 9.17) is 0 Å². The van der Waals surface area contributed by atoms with Crippen molar-refractivity contribution in [1.82, 2.24) is 4.57 Å². The minimum atomic E-state index is -0.607. The molecule has 3 aromatic rings. The fraction of sp³-hybridized carbons (Fsp3) is 0.0588. The lowest BCUT2D eigenvalue weighted by atomic mass is 10.1. The summed E-state index contributed by atoms with van der Waals surface area (Å²) in [5, 5.41) is 10.8. The van der Waals surface area contributed by atoms with E-state index < -0.39 is 5.82 Å². The first kappa shape index (κ1) is 12.5. The van der Waals surface area contributed by atoms with Crippen molar-refractivity contribution in [1.29, 1.82) is 0 Å². The first-order valence-electron chi connectivity index (χ1n) is 6.37. The number of hydrogen-bond acceptors (Lipinski definition) is 1. The molecule has 1 N–H and O–H groups in total. The quantitative estimate of drug-likeness (QED) is 0.739. The third-order valence-electron chi connectivity index (χ3n) is 3.44. The molecule has 0 spiro atoms. The number of nitrogens with zero attached hydrogens (tertiary/aromatic N) is 1. The van der Waals surface area contributed by atoms with Crippen molar-refractivity contribution in [3.8, 4) is 5.75 Å². The summed E-state index contributed by atoms with van der Waals surface area (Å²) >= 11 is 0. The van der Waals surface area contributed by atoms with Crippen LogP contribution >= 0.6 is 0 Å². The molecular formula is C17H14FNO. The molecule has 0 radical (unpaired) electrons. The van der Waals surface area contributed by atoms with E-state index in [0.717, 1.165) is 16.6 Å². The maximum absolute atomic E-state index is 13.3. The highest BCUT2D eigenvalue weighted by Gasteiger charge is 2.05. The van der Waals surface area contributed by atoms with E-state index in [-0.39, 0.29) is 5.75 Å². The van der Waals surface area contributed by atoms with Gasteiger partial charge >= 0.3 is 0 Å². The SMILES string of the molecule is Cn1c(C=Cc2cccc(F)c2O)cc2ccccc21. The van der Waals surface area contributed by atoms with Gasteiger partial charge in [-0.1, -0.05) is 30.3 Å². The smallest absolute Gasteiger partial charge is 0.165 e. The van der Waals surface area contributed by atoms with Gasteiger partial charge in [0.15, 0.2) is 11.6 Å². The number of rotatable bonds is 2. The summed E-state index contributed by atoms with van der Waals surface area (Å²) in [4.78, 5) is 0. The Morgan fingerprint density at radius 2 is 1.85 bits per heavy atom.